The molecule has 7 heteroatoms. The van der Waals surface area contributed by atoms with Crippen LogP contribution in [0.5, 0.6) is 5.75 Å². The standard InChI is InChI=1S/C22H23N3O3S/c1-15(2)14-27-22(26)28-18-11-7-10-17(12-18)23-20-13-19(24-21(25-20)29-3)16-8-5-4-6-9-16/h4-13,15H,14H2,1-3H3,(H,23,24,25). The Labute approximate surface area is 174 Å². The molecule has 0 fully saturated rings. The first-order valence-corrected chi connectivity index (χ1v) is 10.5. The Kier molecular flexibility index (Phi) is 7.08. The second-order valence-electron chi connectivity index (χ2n) is 6.70. The summed E-state index contributed by atoms with van der Waals surface area (Å²) < 4.78 is 10.3. The van der Waals surface area contributed by atoms with Gasteiger partial charge in [0, 0.05) is 23.4 Å². The molecule has 0 radical (unpaired) electrons. The van der Waals surface area contributed by atoms with Crippen LogP contribution >= 0.6 is 11.8 Å². The van der Waals surface area contributed by atoms with Gasteiger partial charge in [-0.25, -0.2) is 14.8 Å². The predicted molar refractivity (Wildman–Crippen MR) is 116 cm³/mol. The maximum atomic E-state index is 11.8. The third-order valence-corrected chi connectivity index (χ3v) is 4.35. The highest BCUT2D eigenvalue weighted by Gasteiger charge is 2.10. The van der Waals surface area contributed by atoms with E-state index in [1.807, 2.05) is 62.6 Å². The lowest BCUT2D eigenvalue weighted by Crippen LogP contribution is -2.14. The van der Waals surface area contributed by atoms with Crippen LogP contribution in [0, 0.1) is 5.92 Å². The van der Waals surface area contributed by atoms with Gasteiger partial charge in [-0.2, -0.15) is 0 Å². The highest BCUT2D eigenvalue weighted by molar-refractivity contribution is 7.98. The second-order valence-corrected chi connectivity index (χ2v) is 7.47. The zero-order chi connectivity index (χ0) is 20.6. The Bertz CT molecular complexity index is 965. The van der Waals surface area contributed by atoms with E-state index in [9.17, 15) is 4.79 Å². The summed E-state index contributed by atoms with van der Waals surface area (Å²) in [5, 5.41) is 3.92. The number of nitrogens with zero attached hydrogens (tertiary/aromatic N) is 2. The van der Waals surface area contributed by atoms with Crippen LogP contribution < -0.4 is 10.1 Å². The fraction of sp³-hybridized carbons (Fsp3) is 0.227. The Morgan fingerprint density at radius 3 is 2.59 bits per heavy atom. The van der Waals surface area contributed by atoms with Crippen LogP contribution in [0.1, 0.15) is 13.8 Å². The van der Waals surface area contributed by atoms with Gasteiger partial charge in [-0.05, 0) is 24.3 Å². The SMILES string of the molecule is CSc1nc(Nc2cccc(OC(=O)OCC(C)C)c2)cc(-c2ccccc2)n1. The molecule has 2 aromatic carbocycles. The van der Waals surface area contributed by atoms with Crippen molar-refractivity contribution >= 4 is 29.4 Å². The number of aromatic nitrogens is 2. The quantitative estimate of drug-likeness (QED) is 0.229. The smallest absolute Gasteiger partial charge is 0.434 e. The molecule has 6 nitrogen and oxygen atoms in total. The first-order valence-electron chi connectivity index (χ1n) is 9.23. The highest BCUT2D eigenvalue weighted by Crippen LogP contribution is 2.26. The van der Waals surface area contributed by atoms with Crippen LogP contribution in [0.4, 0.5) is 16.3 Å². The Balaban J connectivity index is 1.77. The Hall–Kier alpha value is -3.06. The van der Waals surface area contributed by atoms with Crippen molar-refractivity contribution in [3.8, 4) is 17.0 Å². The molecule has 3 aromatic rings. The van der Waals surface area contributed by atoms with Crippen molar-refractivity contribution in [2.45, 2.75) is 19.0 Å². The van der Waals surface area contributed by atoms with E-state index in [2.05, 4.69) is 15.3 Å². The minimum atomic E-state index is -0.714. The number of ether oxygens (including phenoxy) is 2. The molecule has 3 rings (SSSR count). The van der Waals surface area contributed by atoms with Crippen LogP contribution in [0.3, 0.4) is 0 Å². The third-order valence-electron chi connectivity index (χ3n) is 3.80. The van der Waals surface area contributed by atoms with Gasteiger partial charge in [0.15, 0.2) is 5.16 Å². The van der Waals surface area contributed by atoms with Gasteiger partial charge in [0.25, 0.3) is 0 Å². The van der Waals surface area contributed by atoms with E-state index in [4.69, 9.17) is 9.47 Å². The molecule has 150 valence electrons. The molecule has 0 atom stereocenters. The van der Waals surface area contributed by atoms with Crippen LogP contribution in [0.2, 0.25) is 0 Å². The number of carbonyl (C=O) groups excluding carboxylic acids is 1. The summed E-state index contributed by atoms with van der Waals surface area (Å²) in [5.41, 5.74) is 2.58. The third kappa shape index (κ3) is 6.22. The van der Waals surface area contributed by atoms with E-state index < -0.39 is 6.16 Å². The number of anilines is 2. The van der Waals surface area contributed by atoms with Crippen LogP contribution in [0.25, 0.3) is 11.3 Å². The van der Waals surface area contributed by atoms with Gasteiger partial charge in [-0.3, -0.25) is 0 Å². The lowest BCUT2D eigenvalue weighted by Gasteiger charge is -2.11. The number of hydrogen-bond donors (Lipinski definition) is 1. The number of benzene rings is 2. The largest absolute Gasteiger partial charge is 0.513 e. The summed E-state index contributed by atoms with van der Waals surface area (Å²) in [6, 6.07) is 18.9. The Morgan fingerprint density at radius 2 is 1.86 bits per heavy atom. The average molecular weight is 410 g/mol. The molecule has 0 aliphatic rings. The van der Waals surface area contributed by atoms with Crippen molar-refractivity contribution in [2.24, 2.45) is 5.92 Å². The average Bonchev–Trinajstić information content (AvgIpc) is 2.73. The van der Waals surface area contributed by atoms with Gasteiger partial charge in [-0.1, -0.05) is 62.0 Å². The van der Waals surface area contributed by atoms with Crippen molar-refractivity contribution in [2.75, 3.05) is 18.2 Å². The van der Waals surface area contributed by atoms with E-state index >= 15 is 0 Å². The van der Waals surface area contributed by atoms with Crippen LogP contribution in [0.15, 0.2) is 65.8 Å². The molecule has 0 aliphatic carbocycles. The van der Waals surface area contributed by atoms with Crippen molar-refractivity contribution in [1.82, 2.24) is 9.97 Å². The molecule has 0 bridgehead atoms. The molecule has 1 heterocycles. The molecular weight excluding hydrogens is 386 g/mol. The van der Waals surface area contributed by atoms with Gasteiger partial charge >= 0.3 is 6.16 Å². The molecule has 0 saturated carbocycles. The molecule has 0 aliphatic heterocycles. The summed E-state index contributed by atoms with van der Waals surface area (Å²) >= 11 is 1.47. The number of carbonyl (C=O) groups is 1. The predicted octanol–water partition coefficient (Wildman–Crippen LogP) is 5.78. The van der Waals surface area contributed by atoms with E-state index in [1.165, 1.54) is 11.8 Å². The summed E-state index contributed by atoms with van der Waals surface area (Å²) in [5.74, 6) is 1.30. The fourth-order valence-corrected chi connectivity index (χ4v) is 2.86. The summed E-state index contributed by atoms with van der Waals surface area (Å²) in [6.07, 6.45) is 1.22. The van der Waals surface area contributed by atoms with E-state index in [-0.39, 0.29) is 5.92 Å². The number of nitrogens with one attached hydrogen (secondary N) is 1. The first-order chi connectivity index (χ1) is 14.0. The zero-order valence-corrected chi connectivity index (χ0v) is 17.4. The van der Waals surface area contributed by atoms with Gasteiger partial charge in [0.1, 0.15) is 11.6 Å². The summed E-state index contributed by atoms with van der Waals surface area (Å²) in [6.45, 7) is 4.25. The second kappa shape index (κ2) is 9.93. The highest BCUT2D eigenvalue weighted by atomic mass is 32.2. The number of rotatable bonds is 7. The normalized spacial score (nSPS) is 10.6. The lowest BCUT2D eigenvalue weighted by molar-refractivity contribution is 0.0886. The zero-order valence-electron chi connectivity index (χ0n) is 16.6. The van der Waals surface area contributed by atoms with Gasteiger partial charge in [0.05, 0.1) is 12.3 Å². The molecule has 0 saturated heterocycles. The first kappa shape index (κ1) is 20.7. The van der Waals surface area contributed by atoms with Crippen molar-refractivity contribution in [3.05, 3.63) is 60.7 Å². The van der Waals surface area contributed by atoms with E-state index in [0.29, 0.717) is 23.3 Å². The Morgan fingerprint density at radius 1 is 1.07 bits per heavy atom. The molecular formula is C22H23N3O3S. The fourth-order valence-electron chi connectivity index (χ4n) is 2.48. The molecule has 0 spiro atoms. The van der Waals surface area contributed by atoms with Crippen molar-refractivity contribution in [1.29, 1.82) is 0 Å². The maximum Gasteiger partial charge on any atom is 0.513 e. The maximum absolute atomic E-state index is 11.8. The minimum Gasteiger partial charge on any atom is -0.434 e. The van der Waals surface area contributed by atoms with Crippen molar-refractivity contribution in [3.63, 3.8) is 0 Å². The molecule has 1 aromatic heterocycles. The summed E-state index contributed by atoms with van der Waals surface area (Å²) in [7, 11) is 0. The number of hydrogen-bond acceptors (Lipinski definition) is 7. The molecule has 1 N–H and O–H groups in total. The lowest BCUT2D eigenvalue weighted by atomic mass is 10.1. The topological polar surface area (TPSA) is 73.3 Å². The summed E-state index contributed by atoms with van der Waals surface area (Å²) in [4.78, 5) is 20.9. The van der Waals surface area contributed by atoms with Crippen LogP contribution in [-0.4, -0.2) is 29.0 Å². The monoisotopic (exact) mass is 409 g/mol. The van der Waals surface area contributed by atoms with Crippen LogP contribution in [-0.2, 0) is 4.74 Å². The molecule has 29 heavy (non-hydrogen) atoms. The minimum absolute atomic E-state index is 0.248. The van der Waals surface area contributed by atoms with E-state index in [0.717, 1.165) is 16.9 Å². The molecule has 0 amide bonds. The van der Waals surface area contributed by atoms with Gasteiger partial charge in [0.2, 0.25) is 0 Å². The van der Waals surface area contributed by atoms with Crippen molar-refractivity contribution < 1.29 is 14.3 Å². The molecule has 0 unspecified atom stereocenters. The van der Waals surface area contributed by atoms with Gasteiger partial charge < -0.3 is 14.8 Å². The van der Waals surface area contributed by atoms with Gasteiger partial charge in [-0.15, -0.1) is 0 Å². The van der Waals surface area contributed by atoms with E-state index in [1.54, 1.807) is 18.2 Å². The number of thioether (sulfide) groups is 1.